The van der Waals surface area contributed by atoms with E-state index in [1.54, 1.807) is 31.4 Å². The van der Waals surface area contributed by atoms with E-state index in [-0.39, 0.29) is 17.3 Å². The van der Waals surface area contributed by atoms with Crippen LogP contribution in [0.25, 0.3) is 10.9 Å². The summed E-state index contributed by atoms with van der Waals surface area (Å²) in [7, 11) is -2.01. The van der Waals surface area contributed by atoms with E-state index in [2.05, 4.69) is 16.4 Å². The van der Waals surface area contributed by atoms with Crippen molar-refractivity contribution in [3.63, 3.8) is 0 Å². The van der Waals surface area contributed by atoms with E-state index in [9.17, 15) is 13.2 Å². The van der Waals surface area contributed by atoms with Crippen LogP contribution in [0.1, 0.15) is 5.56 Å². The molecule has 1 aromatic heterocycles. The third kappa shape index (κ3) is 4.95. The quantitative estimate of drug-likeness (QED) is 0.539. The molecule has 8 nitrogen and oxygen atoms in total. The Morgan fingerprint density at radius 1 is 1.06 bits per heavy atom. The highest BCUT2D eigenvalue weighted by atomic mass is 32.2. The summed E-state index contributed by atoms with van der Waals surface area (Å²) in [5.41, 5.74) is 2.27. The second-order valence-corrected chi connectivity index (χ2v) is 9.75. The number of nitrogens with one attached hydrogen (secondary N) is 2. The summed E-state index contributed by atoms with van der Waals surface area (Å²) >= 11 is 0. The normalized spacial score (nSPS) is 15.7. The van der Waals surface area contributed by atoms with Gasteiger partial charge < -0.3 is 15.0 Å². The number of rotatable bonds is 8. The van der Waals surface area contributed by atoms with E-state index in [1.807, 2.05) is 29.3 Å². The van der Waals surface area contributed by atoms with Crippen LogP contribution in [0, 0.1) is 0 Å². The highest BCUT2D eigenvalue weighted by Gasteiger charge is 2.29. The molecule has 0 aliphatic carbocycles. The van der Waals surface area contributed by atoms with E-state index in [1.165, 1.54) is 15.3 Å². The summed E-state index contributed by atoms with van der Waals surface area (Å²) in [5.74, 6) is 0.570. The number of aromatic nitrogens is 1. The molecular formula is C23H28N4O4S. The SMILES string of the molecule is COc1ccc(S(=O)(=O)N2CCN(CC(=O)NCCc3c[nH]c4ccccc34)CC2)cc1. The molecule has 2 N–H and O–H groups in total. The summed E-state index contributed by atoms with van der Waals surface area (Å²) in [6.45, 7) is 2.58. The van der Waals surface area contributed by atoms with Gasteiger partial charge in [-0.1, -0.05) is 18.2 Å². The van der Waals surface area contributed by atoms with Crippen molar-refractivity contribution in [2.75, 3.05) is 46.4 Å². The molecule has 1 amide bonds. The van der Waals surface area contributed by atoms with Crippen molar-refractivity contribution in [1.29, 1.82) is 0 Å². The van der Waals surface area contributed by atoms with Gasteiger partial charge in [-0.25, -0.2) is 8.42 Å². The number of piperazine rings is 1. The standard InChI is InChI=1S/C23H28N4O4S/c1-31-19-6-8-20(9-7-19)32(29,30)27-14-12-26(13-15-27)17-23(28)24-11-10-18-16-25-22-5-3-2-4-21(18)22/h2-9,16,25H,10-15,17H2,1H3,(H,24,28). The molecule has 0 bridgehead atoms. The predicted molar refractivity (Wildman–Crippen MR) is 123 cm³/mol. The highest BCUT2D eigenvalue weighted by molar-refractivity contribution is 7.89. The summed E-state index contributed by atoms with van der Waals surface area (Å²) in [5, 5.41) is 4.15. The molecule has 170 valence electrons. The third-order valence-corrected chi connectivity index (χ3v) is 7.70. The Balaban J connectivity index is 1.23. The smallest absolute Gasteiger partial charge is 0.243 e. The molecule has 1 aliphatic rings. The maximum absolute atomic E-state index is 12.8. The van der Waals surface area contributed by atoms with Crippen molar-refractivity contribution >= 4 is 26.8 Å². The number of nitrogens with zero attached hydrogens (tertiary/aromatic N) is 2. The number of hydrogen-bond acceptors (Lipinski definition) is 5. The number of fused-ring (bicyclic) bond motifs is 1. The average Bonchev–Trinajstić information content (AvgIpc) is 3.22. The molecule has 3 aromatic rings. The number of amides is 1. The molecule has 1 fully saturated rings. The highest BCUT2D eigenvalue weighted by Crippen LogP contribution is 2.21. The van der Waals surface area contributed by atoms with Gasteiger partial charge in [-0.05, 0) is 42.3 Å². The summed E-state index contributed by atoms with van der Waals surface area (Å²) in [4.78, 5) is 17.8. The number of carbonyl (C=O) groups excluding carboxylic acids is 1. The Morgan fingerprint density at radius 3 is 2.50 bits per heavy atom. The van der Waals surface area contributed by atoms with E-state index >= 15 is 0 Å². The number of methoxy groups -OCH3 is 1. The molecule has 1 saturated heterocycles. The molecule has 0 unspecified atom stereocenters. The molecule has 0 spiro atoms. The van der Waals surface area contributed by atoms with Gasteiger partial charge in [0.05, 0.1) is 18.6 Å². The van der Waals surface area contributed by atoms with Gasteiger partial charge in [-0.3, -0.25) is 9.69 Å². The van der Waals surface area contributed by atoms with Gasteiger partial charge in [0.15, 0.2) is 0 Å². The van der Waals surface area contributed by atoms with E-state index in [0.717, 1.165) is 11.9 Å². The molecule has 0 radical (unpaired) electrons. The Bertz CT molecular complexity index is 1170. The summed E-state index contributed by atoms with van der Waals surface area (Å²) in [6.07, 6.45) is 2.74. The van der Waals surface area contributed by atoms with Crippen molar-refractivity contribution in [3.8, 4) is 5.75 Å². The van der Waals surface area contributed by atoms with Crippen LogP contribution < -0.4 is 10.1 Å². The topological polar surface area (TPSA) is 94.7 Å². The van der Waals surface area contributed by atoms with Crippen molar-refractivity contribution in [2.45, 2.75) is 11.3 Å². The number of aromatic amines is 1. The zero-order chi connectivity index (χ0) is 22.6. The molecule has 0 atom stereocenters. The first-order valence-electron chi connectivity index (χ1n) is 10.7. The van der Waals surface area contributed by atoms with E-state index in [4.69, 9.17) is 4.74 Å². The van der Waals surface area contributed by atoms with Crippen molar-refractivity contribution in [3.05, 3.63) is 60.3 Å². The molecule has 2 aromatic carbocycles. The minimum atomic E-state index is -3.55. The van der Waals surface area contributed by atoms with Crippen LogP contribution in [0.3, 0.4) is 0 Å². The maximum atomic E-state index is 12.8. The van der Waals surface area contributed by atoms with Crippen LogP contribution in [-0.2, 0) is 21.2 Å². The number of hydrogen-bond donors (Lipinski definition) is 2. The number of ether oxygens (including phenoxy) is 1. The van der Waals surface area contributed by atoms with Crippen LogP contribution in [0.15, 0.2) is 59.6 Å². The Kier molecular flexibility index (Phi) is 6.78. The first kappa shape index (κ1) is 22.3. The van der Waals surface area contributed by atoms with Gasteiger partial charge in [-0.2, -0.15) is 4.31 Å². The molecule has 2 heterocycles. The third-order valence-electron chi connectivity index (χ3n) is 5.79. The molecular weight excluding hydrogens is 428 g/mol. The van der Waals surface area contributed by atoms with Crippen molar-refractivity contribution < 1.29 is 17.9 Å². The number of para-hydroxylation sites is 1. The fourth-order valence-electron chi connectivity index (χ4n) is 3.96. The van der Waals surface area contributed by atoms with Gasteiger partial charge in [0, 0.05) is 49.8 Å². The largest absolute Gasteiger partial charge is 0.497 e. The lowest BCUT2D eigenvalue weighted by molar-refractivity contribution is -0.122. The van der Waals surface area contributed by atoms with Crippen LogP contribution in [0.2, 0.25) is 0 Å². The second kappa shape index (κ2) is 9.72. The fraction of sp³-hybridized carbons (Fsp3) is 0.348. The number of H-pyrrole nitrogens is 1. The van der Waals surface area contributed by atoms with Gasteiger partial charge in [0.1, 0.15) is 5.75 Å². The van der Waals surface area contributed by atoms with Crippen LogP contribution >= 0.6 is 0 Å². The molecule has 32 heavy (non-hydrogen) atoms. The van der Waals surface area contributed by atoms with E-state index in [0.29, 0.717) is 38.5 Å². The van der Waals surface area contributed by atoms with Crippen LogP contribution in [-0.4, -0.2) is 74.9 Å². The van der Waals surface area contributed by atoms with E-state index < -0.39 is 10.0 Å². The Morgan fingerprint density at radius 2 is 1.78 bits per heavy atom. The number of carbonyl (C=O) groups is 1. The number of benzene rings is 2. The Labute approximate surface area is 188 Å². The van der Waals surface area contributed by atoms with Crippen molar-refractivity contribution in [1.82, 2.24) is 19.5 Å². The molecule has 9 heteroatoms. The molecule has 0 saturated carbocycles. The maximum Gasteiger partial charge on any atom is 0.243 e. The lowest BCUT2D eigenvalue weighted by atomic mass is 10.1. The number of sulfonamides is 1. The lowest BCUT2D eigenvalue weighted by Gasteiger charge is -2.33. The fourth-order valence-corrected chi connectivity index (χ4v) is 5.38. The van der Waals surface area contributed by atoms with Gasteiger partial charge in [-0.15, -0.1) is 0 Å². The van der Waals surface area contributed by atoms with Gasteiger partial charge in [0.25, 0.3) is 0 Å². The van der Waals surface area contributed by atoms with Gasteiger partial charge in [0.2, 0.25) is 15.9 Å². The monoisotopic (exact) mass is 456 g/mol. The molecule has 1 aliphatic heterocycles. The molecule has 4 rings (SSSR count). The first-order valence-corrected chi connectivity index (χ1v) is 12.1. The Hall–Kier alpha value is -2.88. The van der Waals surface area contributed by atoms with Crippen LogP contribution in [0.5, 0.6) is 5.75 Å². The summed E-state index contributed by atoms with van der Waals surface area (Å²) in [6, 6.07) is 14.5. The predicted octanol–water partition coefficient (Wildman–Crippen LogP) is 1.84. The van der Waals surface area contributed by atoms with Gasteiger partial charge >= 0.3 is 0 Å². The second-order valence-electron chi connectivity index (χ2n) is 7.82. The summed E-state index contributed by atoms with van der Waals surface area (Å²) < 4.78 is 32.3. The van der Waals surface area contributed by atoms with Crippen LogP contribution in [0.4, 0.5) is 0 Å². The lowest BCUT2D eigenvalue weighted by Crippen LogP contribution is -2.51. The first-order chi connectivity index (χ1) is 15.5. The zero-order valence-corrected chi connectivity index (χ0v) is 18.9. The minimum Gasteiger partial charge on any atom is -0.497 e. The minimum absolute atomic E-state index is 0.0451. The zero-order valence-electron chi connectivity index (χ0n) is 18.1. The van der Waals surface area contributed by atoms with Crippen molar-refractivity contribution in [2.24, 2.45) is 0 Å². The average molecular weight is 457 g/mol.